The summed E-state index contributed by atoms with van der Waals surface area (Å²) in [5, 5.41) is 4.41. The highest BCUT2D eigenvalue weighted by molar-refractivity contribution is 7.19. The maximum Gasteiger partial charge on any atom is 0.258 e. The molecule has 1 amide bonds. The molecule has 3 heterocycles. The van der Waals surface area contributed by atoms with E-state index in [2.05, 4.69) is 28.3 Å². The fraction of sp³-hybridized carbons (Fsp3) is 0.107. The highest BCUT2D eigenvalue weighted by atomic mass is 35.5. The average Bonchev–Trinajstić information content (AvgIpc) is 3.23. The zero-order valence-corrected chi connectivity index (χ0v) is 20.7. The summed E-state index contributed by atoms with van der Waals surface area (Å²) in [6.45, 7) is 2.06. The number of aromatic amines is 1. The van der Waals surface area contributed by atoms with Crippen molar-refractivity contribution in [2.45, 2.75) is 19.3 Å². The third-order valence-electron chi connectivity index (χ3n) is 6.20. The van der Waals surface area contributed by atoms with Gasteiger partial charge in [-0.15, -0.1) is 11.3 Å². The normalized spacial score (nSPS) is 14.1. The second-order valence-corrected chi connectivity index (χ2v) is 10.1. The number of aryl methyl sites for hydroxylation is 1. The quantitative estimate of drug-likeness (QED) is 0.285. The lowest BCUT2D eigenvalue weighted by Crippen LogP contribution is -2.26. The fourth-order valence-electron chi connectivity index (χ4n) is 4.55. The molecule has 8 heteroatoms. The lowest BCUT2D eigenvalue weighted by molar-refractivity contribution is -0.115. The van der Waals surface area contributed by atoms with E-state index in [-0.39, 0.29) is 35.5 Å². The second kappa shape index (κ2) is 8.93. The number of H-pyrrole nitrogens is 1. The van der Waals surface area contributed by atoms with Gasteiger partial charge in [0.2, 0.25) is 11.8 Å². The van der Waals surface area contributed by atoms with Gasteiger partial charge in [0.05, 0.1) is 22.8 Å². The third-order valence-corrected chi connectivity index (χ3v) is 7.84. The molecule has 0 spiro atoms. The van der Waals surface area contributed by atoms with Gasteiger partial charge in [-0.2, -0.15) is 4.98 Å². The molecule has 178 valence electrons. The first-order valence-electron chi connectivity index (χ1n) is 11.4. The lowest BCUT2D eigenvalue weighted by atomic mass is 9.89. The highest BCUT2D eigenvalue weighted by Gasteiger charge is 2.36. The van der Waals surface area contributed by atoms with Gasteiger partial charge in [0.15, 0.2) is 5.75 Å². The summed E-state index contributed by atoms with van der Waals surface area (Å²) in [6.07, 6.45) is -0.0945. The van der Waals surface area contributed by atoms with Gasteiger partial charge in [0.25, 0.3) is 5.56 Å². The van der Waals surface area contributed by atoms with E-state index in [4.69, 9.17) is 16.3 Å². The van der Waals surface area contributed by atoms with E-state index < -0.39 is 0 Å². The number of hydrogen-bond acceptors (Lipinski definition) is 5. The van der Waals surface area contributed by atoms with Crippen LogP contribution in [0.25, 0.3) is 10.1 Å². The summed E-state index contributed by atoms with van der Waals surface area (Å²) in [5.41, 5.74) is 2.81. The van der Waals surface area contributed by atoms with Crippen molar-refractivity contribution in [3.05, 3.63) is 116 Å². The largest absolute Gasteiger partial charge is 0.437 e. The number of carbonyl (C=O) groups is 1. The summed E-state index contributed by atoms with van der Waals surface area (Å²) in [6, 6.07) is 22.7. The Labute approximate surface area is 215 Å². The first-order valence-corrected chi connectivity index (χ1v) is 12.6. The van der Waals surface area contributed by atoms with E-state index in [1.165, 1.54) is 0 Å². The number of amides is 1. The van der Waals surface area contributed by atoms with Crippen LogP contribution >= 0.6 is 22.9 Å². The first-order chi connectivity index (χ1) is 17.5. The highest BCUT2D eigenvalue weighted by Crippen LogP contribution is 2.52. The number of nitrogens with zero attached hydrogens (tertiary/aromatic N) is 1. The van der Waals surface area contributed by atoms with Crippen LogP contribution in [0, 0.1) is 6.92 Å². The number of aromatic nitrogens is 2. The van der Waals surface area contributed by atoms with Crippen molar-refractivity contribution in [3.63, 3.8) is 0 Å². The Morgan fingerprint density at radius 1 is 1.08 bits per heavy atom. The van der Waals surface area contributed by atoms with Crippen molar-refractivity contribution < 1.29 is 9.53 Å². The Morgan fingerprint density at radius 3 is 2.64 bits per heavy atom. The molecular formula is C28H20ClN3O3S. The van der Waals surface area contributed by atoms with Gasteiger partial charge < -0.3 is 15.0 Å². The van der Waals surface area contributed by atoms with Crippen LogP contribution in [0.1, 0.15) is 33.3 Å². The molecule has 3 aromatic carbocycles. The predicted molar refractivity (Wildman–Crippen MR) is 143 cm³/mol. The van der Waals surface area contributed by atoms with Gasteiger partial charge in [-0.05, 0) is 48.4 Å². The van der Waals surface area contributed by atoms with Crippen molar-refractivity contribution in [3.8, 4) is 11.6 Å². The Balaban J connectivity index is 1.45. The summed E-state index contributed by atoms with van der Waals surface area (Å²) < 4.78 is 7.41. The summed E-state index contributed by atoms with van der Waals surface area (Å²) in [7, 11) is 0. The topological polar surface area (TPSA) is 84.1 Å². The molecule has 36 heavy (non-hydrogen) atoms. The molecule has 6 nitrogen and oxygen atoms in total. The van der Waals surface area contributed by atoms with Crippen LogP contribution in [0.3, 0.4) is 0 Å². The van der Waals surface area contributed by atoms with Crippen LogP contribution in [0.4, 0.5) is 5.69 Å². The number of thiophene rings is 1. The van der Waals surface area contributed by atoms with E-state index in [0.29, 0.717) is 22.0 Å². The molecule has 0 radical (unpaired) electrons. The molecule has 0 aliphatic carbocycles. The Morgan fingerprint density at radius 2 is 1.86 bits per heavy atom. The molecule has 6 rings (SSSR count). The monoisotopic (exact) mass is 513 g/mol. The van der Waals surface area contributed by atoms with Crippen molar-refractivity contribution in [2.24, 2.45) is 0 Å². The summed E-state index contributed by atoms with van der Waals surface area (Å²) >= 11 is 7.77. The lowest BCUT2D eigenvalue weighted by Gasteiger charge is -2.25. The molecule has 0 saturated carbocycles. The van der Waals surface area contributed by atoms with Crippen LogP contribution in [0.5, 0.6) is 11.6 Å². The van der Waals surface area contributed by atoms with Crippen LogP contribution in [-0.2, 0) is 11.2 Å². The number of carbonyl (C=O) groups excluding carboxylic acids is 1. The molecule has 0 bridgehead atoms. The van der Waals surface area contributed by atoms with Gasteiger partial charge in [0.1, 0.15) is 5.82 Å². The third kappa shape index (κ3) is 3.96. The molecule has 1 unspecified atom stereocenters. The maximum atomic E-state index is 13.4. The molecule has 0 saturated heterocycles. The van der Waals surface area contributed by atoms with Gasteiger partial charge in [0, 0.05) is 20.8 Å². The number of ether oxygens (including phenoxy) is 1. The van der Waals surface area contributed by atoms with E-state index in [1.807, 2.05) is 54.6 Å². The molecule has 2 N–H and O–H groups in total. The van der Waals surface area contributed by atoms with Crippen LogP contribution < -0.4 is 15.6 Å². The fourth-order valence-corrected chi connectivity index (χ4v) is 6.01. The Kier molecular flexibility index (Phi) is 5.59. The minimum absolute atomic E-state index is 0.0945. The maximum absolute atomic E-state index is 13.4. The van der Waals surface area contributed by atoms with E-state index in [1.54, 1.807) is 23.5 Å². The minimum Gasteiger partial charge on any atom is -0.437 e. The number of rotatable bonds is 4. The van der Waals surface area contributed by atoms with Gasteiger partial charge in [-0.3, -0.25) is 9.59 Å². The minimum atomic E-state index is -0.374. The summed E-state index contributed by atoms with van der Waals surface area (Å²) in [5.74, 6) is 0.493. The van der Waals surface area contributed by atoms with Gasteiger partial charge in [-0.25, -0.2) is 0 Å². The zero-order valence-electron chi connectivity index (χ0n) is 19.2. The van der Waals surface area contributed by atoms with Gasteiger partial charge in [-0.1, -0.05) is 54.1 Å². The van der Waals surface area contributed by atoms with Crippen LogP contribution in [0.15, 0.2) is 77.6 Å². The first kappa shape index (κ1) is 22.5. The number of benzene rings is 3. The number of anilines is 1. The van der Waals surface area contributed by atoms with Crippen molar-refractivity contribution in [2.75, 3.05) is 5.32 Å². The molecule has 1 aliphatic rings. The Hall–Kier alpha value is -3.94. The number of halogens is 1. The average molecular weight is 514 g/mol. The number of nitrogens with one attached hydrogen (secondary N) is 2. The zero-order chi connectivity index (χ0) is 24.8. The standard InChI is InChI=1S/C28H20ClN3O3S/c1-15-6-5-9-19-24-26(36-25(15)19)22(16-10-12-17(29)13-11-16)23-27(34)31-20(32-28(23)35-24)14-21(33)30-18-7-3-2-4-8-18/h2-13,22H,14H2,1H3,(H,30,33)(H,31,32,34). The molecule has 1 aliphatic heterocycles. The van der Waals surface area contributed by atoms with E-state index >= 15 is 0 Å². The number of hydrogen-bond donors (Lipinski definition) is 2. The SMILES string of the molecule is Cc1cccc2c3c(sc12)C(c1ccc(Cl)cc1)c1c(nc(CC(=O)Nc2ccccc2)[nH]c1=O)O3. The molecule has 1 atom stereocenters. The number of fused-ring (bicyclic) bond motifs is 4. The van der Waals surface area contributed by atoms with Crippen molar-refractivity contribution in [1.82, 2.24) is 9.97 Å². The van der Waals surface area contributed by atoms with Crippen molar-refractivity contribution >= 4 is 44.6 Å². The van der Waals surface area contributed by atoms with Crippen LogP contribution in [0.2, 0.25) is 5.02 Å². The molecule has 0 fully saturated rings. The summed E-state index contributed by atoms with van der Waals surface area (Å²) in [4.78, 5) is 34.4. The number of para-hydroxylation sites is 1. The molecule has 5 aromatic rings. The second-order valence-electron chi connectivity index (χ2n) is 8.66. The predicted octanol–water partition coefficient (Wildman–Crippen LogP) is 6.41. The van der Waals surface area contributed by atoms with Crippen molar-refractivity contribution in [1.29, 1.82) is 0 Å². The van der Waals surface area contributed by atoms with Gasteiger partial charge >= 0.3 is 0 Å². The smallest absolute Gasteiger partial charge is 0.258 e. The van der Waals surface area contributed by atoms with E-state index in [9.17, 15) is 9.59 Å². The van der Waals surface area contributed by atoms with Crippen LogP contribution in [-0.4, -0.2) is 15.9 Å². The Bertz CT molecular complexity index is 1680. The molecule has 2 aromatic heterocycles. The van der Waals surface area contributed by atoms with E-state index in [0.717, 1.165) is 26.1 Å². The molecular weight excluding hydrogens is 494 g/mol.